The number of hydrogen-bond acceptors (Lipinski definition) is 4. The highest BCUT2D eigenvalue weighted by atomic mass is 31.2. The van der Waals surface area contributed by atoms with Gasteiger partial charge in [0.05, 0.1) is 33.9 Å². The van der Waals surface area contributed by atoms with Gasteiger partial charge in [0.15, 0.2) is 0 Å². The number of phosphoric ester groups is 1. The molecule has 0 saturated carbocycles. The van der Waals surface area contributed by atoms with Crippen LogP contribution in [0, 0.1) is 0 Å². The number of rotatable bonds is 25. The topological polar surface area (TPSA) is 76.0 Å². The molecule has 0 aliphatic rings. The first kappa shape index (κ1) is 33.0. The van der Waals surface area contributed by atoms with E-state index < -0.39 is 13.9 Å². The molecule has 0 spiro atoms. The highest BCUT2D eigenvalue weighted by Crippen LogP contribution is 2.43. The number of unbranched alkanes of at least 4 members (excludes halogenated alkanes) is 16. The molecule has 200 valence electrons. The van der Waals surface area contributed by atoms with Gasteiger partial charge in [-0.25, -0.2) is 4.57 Å². The van der Waals surface area contributed by atoms with E-state index in [2.05, 4.69) is 6.92 Å². The maximum absolute atomic E-state index is 11.8. The Morgan fingerprint density at radius 2 is 1.09 bits per heavy atom. The molecule has 0 aromatic heterocycles. The van der Waals surface area contributed by atoms with Crippen molar-refractivity contribution in [2.45, 2.75) is 129 Å². The zero-order valence-corrected chi connectivity index (χ0v) is 23.3. The summed E-state index contributed by atoms with van der Waals surface area (Å²) in [6.45, 7) is 2.87. The lowest BCUT2D eigenvalue weighted by Gasteiger charge is -2.24. The number of aliphatic hydroxyl groups excluding tert-OH is 1. The second-order valence-electron chi connectivity index (χ2n) is 10.7. The maximum atomic E-state index is 11.8. The van der Waals surface area contributed by atoms with Crippen molar-refractivity contribution in [1.82, 2.24) is 0 Å². The highest BCUT2D eigenvalue weighted by molar-refractivity contribution is 7.47. The van der Waals surface area contributed by atoms with Crippen LogP contribution in [-0.2, 0) is 13.6 Å². The Kier molecular flexibility index (Phi) is 21.3. The average molecular weight is 495 g/mol. The number of phosphoric acid groups is 1. The number of nitrogens with zero attached hydrogens (tertiary/aromatic N) is 1. The van der Waals surface area contributed by atoms with Crippen molar-refractivity contribution < 1.29 is 28.1 Å². The van der Waals surface area contributed by atoms with E-state index in [1.165, 1.54) is 96.3 Å². The van der Waals surface area contributed by atoms with Crippen LogP contribution in [0.5, 0.6) is 0 Å². The summed E-state index contributed by atoms with van der Waals surface area (Å²) in [6.07, 6.45) is 22.4. The summed E-state index contributed by atoms with van der Waals surface area (Å²) in [5.41, 5.74) is 0. The quantitative estimate of drug-likeness (QED) is 0.0795. The van der Waals surface area contributed by atoms with Crippen LogP contribution in [0.1, 0.15) is 122 Å². The van der Waals surface area contributed by atoms with Gasteiger partial charge in [-0.15, -0.1) is 0 Å². The summed E-state index contributed by atoms with van der Waals surface area (Å²) in [5, 5.41) is 9.98. The monoisotopic (exact) mass is 494 g/mol. The minimum Gasteiger partial charge on any atom is -0.391 e. The molecule has 2 unspecified atom stereocenters. The largest absolute Gasteiger partial charge is 0.472 e. The molecule has 0 aliphatic carbocycles. The predicted octanol–water partition coefficient (Wildman–Crippen LogP) is 7.23. The first-order chi connectivity index (χ1) is 15.7. The molecule has 7 heteroatoms. The van der Waals surface area contributed by atoms with Crippen molar-refractivity contribution in [2.75, 3.05) is 40.9 Å². The number of likely N-dealkylation sites (N-methyl/N-ethyl adjacent to an activating group) is 1. The second kappa shape index (κ2) is 21.3. The van der Waals surface area contributed by atoms with Crippen molar-refractivity contribution >= 4 is 7.82 Å². The molecule has 0 rings (SSSR count). The van der Waals surface area contributed by atoms with E-state index >= 15 is 0 Å². The van der Waals surface area contributed by atoms with E-state index in [0.29, 0.717) is 17.4 Å². The third-order valence-corrected chi connectivity index (χ3v) is 7.07. The van der Waals surface area contributed by atoms with Crippen LogP contribution in [0.25, 0.3) is 0 Å². The van der Waals surface area contributed by atoms with Crippen LogP contribution in [0.2, 0.25) is 0 Å². The molecule has 0 aromatic rings. The minimum absolute atomic E-state index is 0.145. The van der Waals surface area contributed by atoms with Crippen molar-refractivity contribution in [3.63, 3.8) is 0 Å². The molecule has 0 amide bonds. The van der Waals surface area contributed by atoms with Gasteiger partial charge in [0.1, 0.15) is 13.2 Å². The zero-order valence-electron chi connectivity index (χ0n) is 22.4. The molecule has 0 aromatic carbocycles. The molecule has 0 fully saturated rings. The molecule has 0 heterocycles. The minimum atomic E-state index is -4.08. The van der Waals surface area contributed by atoms with Gasteiger partial charge >= 0.3 is 7.82 Å². The van der Waals surface area contributed by atoms with Crippen molar-refractivity contribution in [3.05, 3.63) is 0 Å². The van der Waals surface area contributed by atoms with Crippen LogP contribution < -0.4 is 0 Å². The van der Waals surface area contributed by atoms with Gasteiger partial charge in [-0.05, 0) is 6.42 Å². The summed E-state index contributed by atoms with van der Waals surface area (Å²) < 4.78 is 22.3. The van der Waals surface area contributed by atoms with Gasteiger partial charge in [0.25, 0.3) is 0 Å². The Labute approximate surface area is 205 Å². The maximum Gasteiger partial charge on any atom is 0.472 e. The first-order valence-corrected chi connectivity index (χ1v) is 15.3. The first-order valence-electron chi connectivity index (χ1n) is 13.8. The fraction of sp³-hybridized carbons (Fsp3) is 1.00. The van der Waals surface area contributed by atoms with Crippen molar-refractivity contribution in [3.8, 4) is 0 Å². The third kappa shape index (κ3) is 26.5. The lowest BCUT2D eigenvalue weighted by molar-refractivity contribution is -0.870. The van der Waals surface area contributed by atoms with Gasteiger partial charge in [-0.1, -0.05) is 116 Å². The molecule has 33 heavy (non-hydrogen) atoms. The molecule has 2 N–H and O–H groups in total. The number of aliphatic hydroxyl groups is 1. The van der Waals surface area contributed by atoms with E-state index in [-0.39, 0.29) is 13.2 Å². The Morgan fingerprint density at radius 3 is 1.48 bits per heavy atom. The van der Waals surface area contributed by atoms with Gasteiger partial charge < -0.3 is 14.5 Å². The normalized spacial score (nSPS) is 15.0. The van der Waals surface area contributed by atoms with E-state index in [0.717, 1.165) is 12.8 Å². The van der Waals surface area contributed by atoms with Gasteiger partial charge in [-0.3, -0.25) is 9.05 Å². The standard InChI is InChI=1S/C26H56NO5P/c1-5-6-7-8-9-10-11-12-13-14-15-16-17-18-19-20-21-22-26(28)25-32-33(29,30)31-24-23-27(2,3)4/h26,28H,5-25H2,1-4H3/p+1. The van der Waals surface area contributed by atoms with Crippen LogP contribution in [0.4, 0.5) is 0 Å². The van der Waals surface area contributed by atoms with E-state index in [4.69, 9.17) is 9.05 Å². The summed E-state index contributed by atoms with van der Waals surface area (Å²) >= 11 is 0. The summed E-state index contributed by atoms with van der Waals surface area (Å²) in [7, 11) is 1.86. The second-order valence-corrected chi connectivity index (χ2v) is 12.2. The Balaban J connectivity index is 3.38. The SMILES string of the molecule is CCCCCCCCCCCCCCCCCCCC(O)COP(=O)(O)OCC[N+](C)(C)C. The molecule has 0 radical (unpaired) electrons. The van der Waals surface area contributed by atoms with Crippen LogP contribution in [-0.4, -0.2) is 61.5 Å². The lowest BCUT2D eigenvalue weighted by Crippen LogP contribution is -2.37. The molecule has 2 atom stereocenters. The highest BCUT2D eigenvalue weighted by Gasteiger charge is 2.23. The number of hydrogen-bond donors (Lipinski definition) is 2. The van der Waals surface area contributed by atoms with Gasteiger partial charge in [0, 0.05) is 0 Å². The smallest absolute Gasteiger partial charge is 0.391 e. The van der Waals surface area contributed by atoms with Gasteiger partial charge in [-0.2, -0.15) is 0 Å². The predicted molar refractivity (Wildman–Crippen MR) is 139 cm³/mol. The summed E-state index contributed by atoms with van der Waals surface area (Å²) in [6, 6.07) is 0. The molecule has 0 aliphatic heterocycles. The van der Waals surface area contributed by atoms with Crippen molar-refractivity contribution in [2.24, 2.45) is 0 Å². The lowest BCUT2D eigenvalue weighted by atomic mass is 10.0. The van der Waals surface area contributed by atoms with E-state index in [1.807, 2.05) is 21.1 Å². The van der Waals surface area contributed by atoms with Crippen LogP contribution in [0.15, 0.2) is 0 Å². The molecule has 6 nitrogen and oxygen atoms in total. The van der Waals surface area contributed by atoms with Crippen LogP contribution >= 0.6 is 7.82 Å². The average Bonchev–Trinajstić information content (AvgIpc) is 2.73. The zero-order chi connectivity index (χ0) is 24.8. The van der Waals surface area contributed by atoms with Crippen molar-refractivity contribution in [1.29, 1.82) is 0 Å². The Bertz CT molecular complexity index is 470. The molecular weight excluding hydrogens is 437 g/mol. The fourth-order valence-corrected chi connectivity index (χ4v) is 4.58. The van der Waals surface area contributed by atoms with Gasteiger partial charge in [0.2, 0.25) is 0 Å². The molecule has 0 bridgehead atoms. The Hall–Kier alpha value is 0.0300. The molecular formula is C26H57NO5P+. The number of quaternary nitrogens is 1. The summed E-state index contributed by atoms with van der Waals surface area (Å²) in [4.78, 5) is 9.67. The Morgan fingerprint density at radius 1 is 0.697 bits per heavy atom. The third-order valence-electron chi connectivity index (χ3n) is 6.09. The van der Waals surface area contributed by atoms with E-state index in [9.17, 15) is 14.6 Å². The van der Waals surface area contributed by atoms with Crippen LogP contribution in [0.3, 0.4) is 0 Å². The molecule has 0 saturated heterocycles. The fourth-order valence-electron chi connectivity index (χ4n) is 3.84. The summed E-state index contributed by atoms with van der Waals surface area (Å²) in [5.74, 6) is 0. The van der Waals surface area contributed by atoms with E-state index in [1.54, 1.807) is 0 Å².